The van der Waals surface area contributed by atoms with Gasteiger partial charge in [-0.25, -0.2) is 0 Å². The molecule has 3 heteroatoms. The highest BCUT2D eigenvalue weighted by atomic mass is 32.1. The van der Waals surface area contributed by atoms with Crippen LogP contribution < -0.4 is 0 Å². The predicted molar refractivity (Wildman–Crippen MR) is 79.9 cm³/mol. The Hall–Kier alpha value is -1.48. The van der Waals surface area contributed by atoms with Gasteiger partial charge in [-0.3, -0.25) is 0 Å². The first-order chi connectivity index (χ1) is 9.09. The van der Waals surface area contributed by atoms with Crippen molar-refractivity contribution in [3.63, 3.8) is 0 Å². The zero-order valence-electron chi connectivity index (χ0n) is 11.5. The van der Waals surface area contributed by atoms with Crippen molar-refractivity contribution in [2.24, 2.45) is 0 Å². The molecule has 1 aliphatic rings. The van der Waals surface area contributed by atoms with Crippen molar-refractivity contribution in [1.82, 2.24) is 5.16 Å². The van der Waals surface area contributed by atoms with E-state index in [1.807, 2.05) is 0 Å². The number of hydrogen-bond donors (Lipinski definition) is 0. The van der Waals surface area contributed by atoms with Crippen molar-refractivity contribution in [3.05, 3.63) is 51.9 Å². The van der Waals surface area contributed by atoms with Gasteiger partial charge in [0.05, 0.1) is 16.6 Å². The third-order valence-corrected chi connectivity index (χ3v) is 4.53. The lowest BCUT2D eigenvalue weighted by Gasteiger charge is -2.12. The molecule has 1 fully saturated rings. The van der Waals surface area contributed by atoms with Crippen LogP contribution in [0.2, 0.25) is 0 Å². The van der Waals surface area contributed by atoms with E-state index in [0.717, 1.165) is 21.8 Å². The molecule has 0 unspecified atom stereocenters. The van der Waals surface area contributed by atoms with Crippen LogP contribution in [0.25, 0.3) is 0 Å². The lowest BCUT2D eigenvalue weighted by molar-refractivity contribution is 0.384. The fraction of sp³-hybridized carbons (Fsp3) is 0.375. The van der Waals surface area contributed by atoms with Crippen LogP contribution >= 0.6 is 12.2 Å². The van der Waals surface area contributed by atoms with Crippen LogP contribution in [0.4, 0.5) is 0 Å². The molecular weight excluding hydrogens is 254 g/mol. The van der Waals surface area contributed by atoms with E-state index >= 15 is 0 Å². The second-order valence-corrected chi connectivity index (χ2v) is 5.80. The van der Waals surface area contributed by atoms with Gasteiger partial charge in [0, 0.05) is 5.92 Å². The first-order valence-corrected chi connectivity index (χ1v) is 7.06. The van der Waals surface area contributed by atoms with Crippen LogP contribution in [-0.4, -0.2) is 10.0 Å². The van der Waals surface area contributed by atoms with Crippen molar-refractivity contribution < 1.29 is 4.52 Å². The van der Waals surface area contributed by atoms with E-state index in [9.17, 15) is 0 Å². The zero-order chi connectivity index (χ0) is 13.6. The number of benzene rings is 1. The maximum Gasteiger partial charge on any atom is 0.148 e. The number of thiocarbonyl (C=S) groups is 1. The minimum Gasteiger partial charge on any atom is -0.360 e. The summed E-state index contributed by atoms with van der Waals surface area (Å²) in [5.74, 6) is 1.50. The predicted octanol–water partition coefficient (Wildman–Crippen LogP) is 4.24. The van der Waals surface area contributed by atoms with Crippen LogP contribution in [-0.2, 0) is 0 Å². The molecule has 0 N–H and O–H groups in total. The molecule has 0 saturated heterocycles. The second-order valence-electron chi connectivity index (χ2n) is 5.39. The molecule has 98 valence electrons. The van der Waals surface area contributed by atoms with Crippen molar-refractivity contribution in [3.8, 4) is 0 Å². The first-order valence-electron chi connectivity index (χ1n) is 6.65. The molecule has 2 aromatic rings. The number of rotatable bonds is 3. The first kappa shape index (κ1) is 12.5. The molecule has 0 atom stereocenters. The van der Waals surface area contributed by atoms with Gasteiger partial charge in [0.15, 0.2) is 0 Å². The molecule has 0 bridgehead atoms. The standard InChI is InChI=1S/C16H17NOS/c1-9-4-7-13(11(3)10(9)2)16(19)14-8-17-18-15(14)12-5-6-12/h4,7-8,12H,5-6H2,1-3H3. The zero-order valence-corrected chi connectivity index (χ0v) is 12.3. The summed E-state index contributed by atoms with van der Waals surface area (Å²) in [6, 6.07) is 4.25. The lowest BCUT2D eigenvalue weighted by atomic mass is 9.94. The van der Waals surface area contributed by atoms with Gasteiger partial charge in [-0.15, -0.1) is 0 Å². The Kier molecular flexibility index (Phi) is 3.02. The van der Waals surface area contributed by atoms with Crippen LogP contribution in [0.15, 0.2) is 22.9 Å². The number of nitrogens with zero attached hydrogens (tertiary/aromatic N) is 1. The third-order valence-electron chi connectivity index (χ3n) is 4.09. The number of aryl methyl sites for hydroxylation is 1. The molecule has 1 saturated carbocycles. The summed E-state index contributed by atoms with van der Waals surface area (Å²) in [6.45, 7) is 6.41. The van der Waals surface area contributed by atoms with E-state index in [1.165, 1.54) is 29.5 Å². The topological polar surface area (TPSA) is 26.0 Å². The van der Waals surface area contributed by atoms with Crippen molar-refractivity contribution in [1.29, 1.82) is 0 Å². The molecule has 1 aromatic heterocycles. The summed E-state index contributed by atoms with van der Waals surface area (Å²) in [5.41, 5.74) is 6.00. The van der Waals surface area contributed by atoms with Gasteiger partial charge >= 0.3 is 0 Å². The van der Waals surface area contributed by atoms with Crippen LogP contribution in [0.1, 0.15) is 52.3 Å². The average Bonchev–Trinajstić information content (AvgIpc) is 3.13. The van der Waals surface area contributed by atoms with Crippen molar-refractivity contribution >= 4 is 17.1 Å². The maximum absolute atomic E-state index is 5.67. The molecule has 0 spiro atoms. The Morgan fingerprint density at radius 3 is 2.58 bits per heavy atom. The van der Waals surface area contributed by atoms with Gasteiger partial charge in [0.2, 0.25) is 0 Å². The van der Waals surface area contributed by atoms with Gasteiger partial charge in [-0.2, -0.15) is 0 Å². The van der Waals surface area contributed by atoms with Crippen molar-refractivity contribution in [2.75, 3.05) is 0 Å². The minimum atomic E-state index is 0.530. The molecule has 3 rings (SSSR count). The van der Waals surface area contributed by atoms with Gasteiger partial charge < -0.3 is 4.52 Å². The molecule has 1 heterocycles. The van der Waals surface area contributed by atoms with E-state index < -0.39 is 0 Å². The van der Waals surface area contributed by atoms with Crippen molar-refractivity contribution in [2.45, 2.75) is 39.5 Å². The van der Waals surface area contributed by atoms with E-state index in [4.69, 9.17) is 16.7 Å². The Morgan fingerprint density at radius 1 is 1.16 bits per heavy atom. The lowest BCUT2D eigenvalue weighted by Crippen LogP contribution is -2.05. The third kappa shape index (κ3) is 2.12. The highest BCUT2D eigenvalue weighted by Gasteiger charge is 2.31. The second kappa shape index (κ2) is 4.57. The Balaban J connectivity index is 2.04. The smallest absolute Gasteiger partial charge is 0.148 e. The van der Waals surface area contributed by atoms with Gasteiger partial charge in [0.25, 0.3) is 0 Å². The molecule has 1 aliphatic carbocycles. The Labute approximate surface area is 118 Å². The molecule has 1 aromatic carbocycles. The van der Waals surface area contributed by atoms with Crippen LogP contribution in [0.3, 0.4) is 0 Å². The Morgan fingerprint density at radius 2 is 1.89 bits per heavy atom. The fourth-order valence-corrected chi connectivity index (χ4v) is 2.78. The SMILES string of the molecule is Cc1ccc(C(=S)c2cnoc2C2CC2)c(C)c1C. The van der Waals surface area contributed by atoms with E-state index in [1.54, 1.807) is 6.20 Å². The normalized spacial score (nSPS) is 14.7. The number of aromatic nitrogens is 1. The van der Waals surface area contributed by atoms with E-state index in [2.05, 4.69) is 38.1 Å². The summed E-state index contributed by atoms with van der Waals surface area (Å²) in [5, 5.41) is 3.94. The average molecular weight is 271 g/mol. The summed E-state index contributed by atoms with van der Waals surface area (Å²) in [6.07, 6.45) is 4.15. The van der Waals surface area contributed by atoms with Gasteiger partial charge in [0.1, 0.15) is 5.76 Å². The molecule has 0 aliphatic heterocycles. The number of hydrogen-bond acceptors (Lipinski definition) is 3. The Bertz CT molecular complexity index is 653. The molecule has 0 radical (unpaired) electrons. The maximum atomic E-state index is 5.67. The van der Waals surface area contributed by atoms with E-state index in [-0.39, 0.29) is 0 Å². The summed E-state index contributed by atoms with van der Waals surface area (Å²) in [4.78, 5) is 0.865. The van der Waals surface area contributed by atoms with Crippen LogP contribution in [0, 0.1) is 20.8 Å². The minimum absolute atomic E-state index is 0.530. The van der Waals surface area contributed by atoms with Gasteiger partial charge in [-0.1, -0.05) is 29.5 Å². The van der Waals surface area contributed by atoms with Gasteiger partial charge in [-0.05, 0) is 55.9 Å². The van der Waals surface area contributed by atoms with Crippen LogP contribution in [0.5, 0.6) is 0 Å². The highest BCUT2D eigenvalue weighted by molar-refractivity contribution is 7.81. The monoisotopic (exact) mass is 271 g/mol. The summed E-state index contributed by atoms with van der Waals surface area (Å²) in [7, 11) is 0. The summed E-state index contributed by atoms with van der Waals surface area (Å²) >= 11 is 5.67. The quantitative estimate of drug-likeness (QED) is 0.617. The molecule has 2 nitrogen and oxygen atoms in total. The molecular formula is C16H17NOS. The molecule has 0 amide bonds. The highest BCUT2D eigenvalue weighted by Crippen LogP contribution is 2.42. The van der Waals surface area contributed by atoms with E-state index in [0.29, 0.717) is 5.92 Å². The largest absolute Gasteiger partial charge is 0.360 e. The molecule has 19 heavy (non-hydrogen) atoms. The summed E-state index contributed by atoms with van der Waals surface area (Å²) < 4.78 is 5.39. The fourth-order valence-electron chi connectivity index (χ4n) is 2.41.